The van der Waals surface area contributed by atoms with Crippen LogP contribution in [0.15, 0.2) is 0 Å². The van der Waals surface area contributed by atoms with Crippen molar-refractivity contribution in [1.82, 2.24) is 0 Å². The van der Waals surface area contributed by atoms with Gasteiger partial charge < -0.3 is 9.84 Å². The summed E-state index contributed by atoms with van der Waals surface area (Å²) in [6, 6.07) is 0. The van der Waals surface area contributed by atoms with Crippen molar-refractivity contribution < 1.29 is 9.84 Å². The molecule has 100 valence electrons. The van der Waals surface area contributed by atoms with E-state index in [1.807, 2.05) is 6.92 Å². The third-order valence-electron chi connectivity index (χ3n) is 3.69. The van der Waals surface area contributed by atoms with Gasteiger partial charge in [-0.15, -0.1) is 5.92 Å². The molecule has 1 aliphatic heterocycles. The molecule has 0 aromatic rings. The minimum atomic E-state index is -0.598. The summed E-state index contributed by atoms with van der Waals surface area (Å²) >= 11 is 0. The molecule has 0 bridgehead atoms. The predicted molar refractivity (Wildman–Crippen MR) is 75.3 cm³/mol. The second-order valence-corrected chi connectivity index (χ2v) is 5.76. The Bertz CT molecular complexity index is 303. The van der Waals surface area contributed by atoms with Crippen molar-refractivity contribution >= 4 is 7.85 Å². The van der Waals surface area contributed by atoms with Gasteiger partial charge in [0.15, 0.2) is 0 Å². The van der Waals surface area contributed by atoms with Crippen LogP contribution in [0.3, 0.4) is 0 Å². The zero-order valence-electron chi connectivity index (χ0n) is 11.9. The fourth-order valence-corrected chi connectivity index (χ4v) is 2.18. The van der Waals surface area contributed by atoms with Gasteiger partial charge in [0.05, 0.1) is 6.61 Å². The summed E-state index contributed by atoms with van der Waals surface area (Å²) in [6.07, 6.45) is 4.51. The molecule has 3 heteroatoms. The molecule has 0 spiro atoms. The zero-order valence-corrected chi connectivity index (χ0v) is 11.9. The molecule has 1 aliphatic rings. The molecule has 1 heterocycles. The van der Waals surface area contributed by atoms with Crippen LogP contribution in [0.4, 0.5) is 0 Å². The summed E-state index contributed by atoms with van der Waals surface area (Å²) in [5.74, 6) is 6.83. The molecule has 18 heavy (non-hydrogen) atoms. The Labute approximate surface area is 113 Å². The van der Waals surface area contributed by atoms with Gasteiger partial charge in [-0.3, -0.25) is 0 Å². The maximum absolute atomic E-state index is 9.93. The molecule has 1 N–H and O–H groups in total. The highest BCUT2D eigenvalue weighted by molar-refractivity contribution is 6.14. The van der Waals surface area contributed by atoms with Gasteiger partial charge >= 0.3 is 0 Å². The fourth-order valence-electron chi connectivity index (χ4n) is 2.18. The van der Waals surface area contributed by atoms with Gasteiger partial charge in [0.25, 0.3) is 0 Å². The topological polar surface area (TPSA) is 29.5 Å². The Hall–Kier alpha value is -0.455. The van der Waals surface area contributed by atoms with Crippen molar-refractivity contribution in [2.75, 3.05) is 6.61 Å². The van der Waals surface area contributed by atoms with Crippen LogP contribution in [0.5, 0.6) is 0 Å². The first-order valence-corrected chi connectivity index (χ1v) is 7.04. The van der Waals surface area contributed by atoms with Crippen molar-refractivity contribution in [3.05, 3.63) is 0 Å². The summed E-state index contributed by atoms with van der Waals surface area (Å²) in [5.41, 5.74) is -0.593. The Morgan fingerprint density at radius 1 is 1.56 bits per heavy atom. The first-order chi connectivity index (χ1) is 8.44. The van der Waals surface area contributed by atoms with E-state index in [1.54, 1.807) is 0 Å². The maximum atomic E-state index is 9.93. The molecule has 4 atom stereocenters. The highest BCUT2D eigenvalue weighted by atomic mass is 16.5. The molecule has 0 aromatic carbocycles. The third kappa shape index (κ3) is 5.46. The smallest absolute Gasteiger partial charge is 0.119 e. The number of aliphatic hydroxyl groups excluding tert-OH is 1. The molecule has 2 radical (unpaired) electrons. The van der Waals surface area contributed by atoms with Gasteiger partial charge in [-0.2, -0.15) is 0 Å². The van der Waals surface area contributed by atoms with Gasteiger partial charge in [-0.05, 0) is 32.1 Å². The number of ether oxygens (including phenoxy) is 1. The summed E-state index contributed by atoms with van der Waals surface area (Å²) in [6.45, 7) is 6.83. The lowest BCUT2D eigenvalue weighted by molar-refractivity contribution is 0.0776. The van der Waals surface area contributed by atoms with E-state index < -0.39 is 11.6 Å². The van der Waals surface area contributed by atoms with Crippen molar-refractivity contribution in [2.24, 2.45) is 11.8 Å². The number of aliphatic hydroxyl groups is 1. The number of hydrogen-bond donors (Lipinski definition) is 1. The van der Waals surface area contributed by atoms with Gasteiger partial charge in [0.2, 0.25) is 0 Å². The maximum Gasteiger partial charge on any atom is 0.119 e. The van der Waals surface area contributed by atoms with Crippen LogP contribution in [0.25, 0.3) is 0 Å². The molecule has 1 rings (SSSR count). The molecular weight excluding hydrogens is 223 g/mol. The average molecular weight is 248 g/mol. The Morgan fingerprint density at radius 2 is 2.28 bits per heavy atom. The second kappa shape index (κ2) is 7.21. The lowest BCUT2D eigenvalue weighted by Crippen LogP contribution is -2.24. The Morgan fingerprint density at radius 3 is 2.83 bits per heavy atom. The molecule has 2 nitrogen and oxygen atoms in total. The van der Waals surface area contributed by atoms with Crippen molar-refractivity contribution in [3.8, 4) is 11.8 Å². The van der Waals surface area contributed by atoms with Crippen LogP contribution < -0.4 is 0 Å². The van der Waals surface area contributed by atoms with Crippen molar-refractivity contribution in [1.29, 1.82) is 0 Å². The Kier molecular flexibility index (Phi) is 6.25. The van der Waals surface area contributed by atoms with E-state index in [0.29, 0.717) is 13.0 Å². The largest absolute Gasteiger partial charge is 0.385 e. The summed E-state index contributed by atoms with van der Waals surface area (Å²) in [7, 11) is 5.85. The minimum Gasteiger partial charge on any atom is -0.385 e. The van der Waals surface area contributed by atoms with Gasteiger partial charge in [0, 0.05) is 17.8 Å². The zero-order chi connectivity index (χ0) is 13.6. The third-order valence-corrected chi connectivity index (χ3v) is 3.69. The van der Waals surface area contributed by atoms with Crippen LogP contribution in [0.1, 0.15) is 52.9 Å². The fraction of sp³-hybridized carbons (Fsp3) is 0.867. The van der Waals surface area contributed by atoms with Crippen LogP contribution >= 0.6 is 0 Å². The van der Waals surface area contributed by atoms with Crippen LogP contribution in [0, 0.1) is 23.7 Å². The van der Waals surface area contributed by atoms with E-state index in [2.05, 4.69) is 25.7 Å². The highest BCUT2D eigenvalue weighted by Crippen LogP contribution is 2.28. The summed E-state index contributed by atoms with van der Waals surface area (Å²) in [4.78, 5) is 0. The van der Waals surface area contributed by atoms with E-state index in [1.165, 1.54) is 12.8 Å². The lowest BCUT2D eigenvalue weighted by Gasteiger charge is -2.16. The molecule has 4 unspecified atom stereocenters. The van der Waals surface area contributed by atoms with E-state index in [9.17, 15) is 5.11 Å². The van der Waals surface area contributed by atoms with E-state index in [0.717, 1.165) is 18.8 Å². The normalized spacial score (nSPS) is 30.6. The summed E-state index contributed by atoms with van der Waals surface area (Å²) in [5, 5.41) is 9.93. The molecule has 1 fully saturated rings. The predicted octanol–water partition coefficient (Wildman–Crippen LogP) is 2.49. The quantitative estimate of drug-likeness (QED) is 0.460. The van der Waals surface area contributed by atoms with Crippen molar-refractivity contribution in [2.45, 2.75) is 64.5 Å². The highest BCUT2D eigenvalue weighted by Gasteiger charge is 2.34. The van der Waals surface area contributed by atoms with Crippen LogP contribution in [-0.2, 0) is 4.74 Å². The number of hydrogen-bond acceptors (Lipinski definition) is 2. The van der Waals surface area contributed by atoms with Crippen LogP contribution in [0.2, 0.25) is 0 Å². The van der Waals surface area contributed by atoms with Crippen LogP contribution in [-0.4, -0.2) is 31.2 Å². The first kappa shape index (κ1) is 15.6. The van der Waals surface area contributed by atoms with Gasteiger partial charge in [-0.25, -0.2) is 0 Å². The minimum absolute atomic E-state index is 0.0575. The van der Waals surface area contributed by atoms with E-state index in [-0.39, 0.29) is 5.92 Å². The van der Waals surface area contributed by atoms with E-state index in [4.69, 9.17) is 12.6 Å². The Balaban J connectivity index is 2.22. The monoisotopic (exact) mass is 248 g/mol. The van der Waals surface area contributed by atoms with Gasteiger partial charge in [-0.1, -0.05) is 26.2 Å². The number of unbranched alkanes of at least 4 members (excludes halogenated alkanes) is 1. The lowest BCUT2D eigenvalue weighted by atomic mass is 9.78. The second-order valence-electron chi connectivity index (χ2n) is 5.76. The molecule has 0 aliphatic carbocycles. The molecule has 1 saturated heterocycles. The van der Waals surface area contributed by atoms with Crippen molar-refractivity contribution in [3.63, 3.8) is 0 Å². The molecular formula is C15H25BO2. The SMILES string of the molecule is [B]C1(C)CC(C(O)C#CCCCC(C)CC)CO1. The standard InChI is InChI=1S/C15H25BO2/c1-4-12(2)8-6-5-7-9-14(17)13-10-15(3,16)18-11-13/h12-14,17H,4-6,8,10-11H2,1-3H3. The first-order valence-electron chi connectivity index (χ1n) is 7.04. The number of rotatable bonds is 5. The van der Waals surface area contributed by atoms with Gasteiger partial charge in [0.1, 0.15) is 14.0 Å². The molecule has 0 amide bonds. The van der Waals surface area contributed by atoms with E-state index >= 15 is 0 Å². The summed E-state index contributed by atoms with van der Waals surface area (Å²) < 4.78 is 5.40. The average Bonchev–Trinajstić information content (AvgIpc) is 2.68. The molecule has 0 saturated carbocycles. The molecule has 0 aromatic heterocycles.